The van der Waals surface area contributed by atoms with Crippen LogP contribution in [0, 0.1) is 11.8 Å². The highest BCUT2D eigenvalue weighted by Crippen LogP contribution is 2.37. The van der Waals surface area contributed by atoms with Crippen LogP contribution in [0.2, 0.25) is 6.04 Å². The molecule has 0 aliphatic heterocycles. The summed E-state index contributed by atoms with van der Waals surface area (Å²) >= 11 is 0. The maximum atomic E-state index is 10.6. The van der Waals surface area contributed by atoms with Crippen molar-refractivity contribution in [1.29, 1.82) is 0 Å². The number of hydrogen-bond acceptors (Lipinski definition) is 7. The minimum atomic E-state index is -2.59. The summed E-state index contributed by atoms with van der Waals surface area (Å²) in [7, 11) is 2.32. The van der Waals surface area contributed by atoms with E-state index in [0.717, 1.165) is 44.8 Å². The summed E-state index contributed by atoms with van der Waals surface area (Å²) in [5.74, 6) is 0.333. The van der Waals surface area contributed by atoms with Crippen molar-refractivity contribution in [3.8, 4) is 0 Å². The highest BCUT2D eigenvalue weighted by Gasteiger charge is 2.40. The topological polar surface area (TPSA) is 86.6 Å². The Labute approximate surface area is 210 Å². The van der Waals surface area contributed by atoms with Crippen LogP contribution in [0.3, 0.4) is 0 Å². The number of rotatable bonds is 22. The molecule has 1 rings (SSSR count). The molecule has 0 aromatic rings. The van der Waals surface area contributed by atoms with Crippen molar-refractivity contribution in [3.05, 3.63) is 0 Å². The summed E-state index contributed by atoms with van der Waals surface area (Å²) < 4.78 is 22.4. The van der Waals surface area contributed by atoms with Crippen LogP contribution in [0.4, 0.5) is 0 Å². The predicted octanol–water partition coefficient (Wildman–Crippen LogP) is 6.22. The minimum Gasteiger partial charge on any atom is -0.393 e. The fourth-order valence-corrected chi connectivity index (χ4v) is 7.09. The van der Waals surface area contributed by atoms with Crippen LogP contribution in [0.25, 0.3) is 0 Å². The highest BCUT2D eigenvalue weighted by atomic mass is 28.4. The number of aliphatic hydroxyl groups is 1. The average Bonchev–Trinajstić information content (AvgIpc) is 2.86. The number of unbranched alkanes of at least 4 members (excludes halogenated alkanes) is 9. The molecule has 204 valence electrons. The molecule has 0 radical (unpaired) electrons. The molecule has 0 aromatic carbocycles. The minimum absolute atomic E-state index is 0.0895. The Morgan fingerprint density at radius 1 is 0.824 bits per heavy atom. The lowest BCUT2D eigenvalue weighted by atomic mass is 9.75. The molecular formula is C26H54O7Si. The SMILES string of the molecule is CCCCCCCCCCCCOCCC(OO)C1CC(CC[Si](OC)(OC)OC)CCC1O. The third kappa shape index (κ3) is 12.8. The fraction of sp³-hybridized carbons (Fsp3) is 1.00. The van der Waals surface area contributed by atoms with Crippen molar-refractivity contribution < 1.29 is 33.3 Å². The van der Waals surface area contributed by atoms with Gasteiger partial charge in [-0.3, -0.25) is 5.26 Å². The summed E-state index contributed by atoms with van der Waals surface area (Å²) in [4.78, 5) is 4.82. The molecular weight excluding hydrogens is 452 g/mol. The van der Waals surface area contributed by atoms with Crippen molar-refractivity contribution in [1.82, 2.24) is 0 Å². The van der Waals surface area contributed by atoms with E-state index in [2.05, 4.69) is 6.92 Å². The molecule has 0 saturated heterocycles. The van der Waals surface area contributed by atoms with E-state index < -0.39 is 21.0 Å². The summed E-state index contributed by atoms with van der Waals surface area (Å²) in [6.07, 6.45) is 16.2. The van der Waals surface area contributed by atoms with Crippen LogP contribution in [-0.2, 0) is 22.9 Å². The molecule has 7 nitrogen and oxygen atoms in total. The Bertz CT molecular complexity index is 456. The van der Waals surface area contributed by atoms with E-state index in [1.165, 1.54) is 57.8 Å². The zero-order valence-electron chi connectivity index (χ0n) is 22.5. The van der Waals surface area contributed by atoms with Gasteiger partial charge in [-0.25, -0.2) is 4.89 Å². The third-order valence-electron chi connectivity index (χ3n) is 7.56. The first-order valence-electron chi connectivity index (χ1n) is 13.8. The predicted molar refractivity (Wildman–Crippen MR) is 138 cm³/mol. The Balaban J connectivity index is 2.21. The second-order valence-electron chi connectivity index (χ2n) is 9.97. The van der Waals surface area contributed by atoms with Gasteiger partial charge < -0.3 is 23.1 Å². The van der Waals surface area contributed by atoms with Crippen LogP contribution < -0.4 is 0 Å². The molecule has 0 aromatic heterocycles. The maximum Gasteiger partial charge on any atom is 0.500 e. The van der Waals surface area contributed by atoms with Crippen molar-refractivity contribution in [2.24, 2.45) is 11.8 Å². The number of ether oxygens (including phenoxy) is 1. The van der Waals surface area contributed by atoms with Crippen LogP contribution in [0.15, 0.2) is 0 Å². The van der Waals surface area contributed by atoms with Crippen molar-refractivity contribution in [3.63, 3.8) is 0 Å². The van der Waals surface area contributed by atoms with Gasteiger partial charge in [0.05, 0.1) is 6.10 Å². The van der Waals surface area contributed by atoms with Crippen molar-refractivity contribution >= 4 is 8.80 Å². The Hall–Kier alpha value is -0.0631. The largest absolute Gasteiger partial charge is 0.500 e. The Kier molecular flexibility index (Phi) is 18.8. The normalized spacial score (nSPS) is 22.2. The van der Waals surface area contributed by atoms with Gasteiger partial charge in [0.1, 0.15) is 6.10 Å². The quantitative estimate of drug-likeness (QED) is 0.0780. The van der Waals surface area contributed by atoms with E-state index in [-0.39, 0.29) is 5.92 Å². The molecule has 4 unspecified atom stereocenters. The van der Waals surface area contributed by atoms with E-state index in [9.17, 15) is 10.4 Å². The van der Waals surface area contributed by atoms with Gasteiger partial charge in [0.2, 0.25) is 0 Å². The summed E-state index contributed by atoms with van der Waals surface area (Å²) in [5.41, 5.74) is 0. The molecule has 0 heterocycles. The Morgan fingerprint density at radius 3 is 1.97 bits per heavy atom. The van der Waals surface area contributed by atoms with Crippen LogP contribution >= 0.6 is 0 Å². The molecule has 0 spiro atoms. The van der Waals surface area contributed by atoms with Crippen LogP contribution in [-0.4, -0.2) is 65.9 Å². The monoisotopic (exact) mass is 506 g/mol. The van der Waals surface area contributed by atoms with E-state index >= 15 is 0 Å². The second-order valence-corrected chi connectivity index (χ2v) is 13.1. The van der Waals surface area contributed by atoms with Crippen molar-refractivity contribution in [2.75, 3.05) is 34.5 Å². The maximum absolute atomic E-state index is 10.6. The first kappa shape index (κ1) is 32.0. The summed E-state index contributed by atoms with van der Waals surface area (Å²) in [6.45, 7) is 3.56. The van der Waals surface area contributed by atoms with Gasteiger partial charge in [0.25, 0.3) is 0 Å². The molecule has 1 saturated carbocycles. The third-order valence-corrected chi connectivity index (χ3v) is 10.3. The zero-order valence-corrected chi connectivity index (χ0v) is 23.5. The first-order valence-corrected chi connectivity index (χ1v) is 15.7. The number of aliphatic hydroxyl groups excluding tert-OH is 1. The van der Waals surface area contributed by atoms with Crippen LogP contribution in [0.1, 0.15) is 103 Å². The fourth-order valence-electron chi connectivity index (χ4n) is 5.22. The standard InChI is InChI=1S/C26H54O7Si/c1-5-6-7-8-9-10-11-12-13-14-19-32-20-17-26(33-28)24-22-23(15-16-25(24)27)18-21-34(29-2,30-3)31-4/h23-28H,5-22H2,1-4H3. The molecule has 34 heavy (non-hydrogen) atoms. The Morgan fingerprint density at radius 2 is 1.41 bits per heavy atom. The highest BCUT2D eigenvalue weighted by molar-refractivity contribution is 6.60. The van der Waals surface area contributed by atoms with E-state index in [4.69, 9.17) is 22.9 Å². The van der Waals surface area contributed by atoms with Gasteiger partial charge in [0.15, 0.2) is 0 Å². The molecule has 0 amide bonds. The van der Waals surface area contributed by atoms with Gasteiger partial charge in [-0.2, -0.15) is 0 Å². The molecule has 2 N–H and O–H groups in total. The zero-order chi connectivity index (χ0) is 25.1. The van der Waals surface area contributed by atoms with Gasteiger partial charge in [-0.15, -0.1) is 0 Å². The van der Waals surface area contributed by atoms with Gasteiger partial charge in [0, 0.05) is 52.9 Å². The van der Waals surface area contributed by atoms with E-state index in [1.54, 1.807) is 21.3 Å². The van der Waals surface area contributed by atoms with Gasteiger partial charge >= 0.3 is 8.80 Å². The molecule has 1 fully saturated rings. The van der Waals surface area contributed by atoms with E-state index in [0.29, 0.717) is 18.9 Å². The van der Waals surface area contributed by atoms with E-state index in [1.807, 2.05) is 0 Å². The second kappa shape index (κ2) is 20.0. The average molecular weight is 507 g/mol. The molecule has 0 bridgehead atoms. The smallest absolute Gasteiger partial charge is 0.393 e. The molecule has 1 aliphatic rings. The lowest BCUT2D eigenvalue weighted by molar-refractivity contribution is -0.301. The van der Waals surface area contributed by atoms with Gasteiger partial charge in [-0.05, 0) is 38.0 Å². The number of hydrogen-bond donors (Lipinski definition) is 2. The first-order chi connectivity index (χ1) is 16.6. The van der Waals surface area contributed by atoms with Crippen molar-refractivity contribution in [2.45, 2.75) is 121 Å². The molecule has 8 heteroatoms. The summed E-state index contributed by atoms with van der Waals surface area (Å²) in [6, 6.07) is 0.747. The lowest BCUT2D eigenvalue weighted by Crippen LogP contribution is -2.44. The van der Waals surface area contributed by atoms with Gasteiger partial charge in [-0.1, -0.05) is 64.7 Å². The molecule has 4 atom stereocenters. The summed E-state index contributed by atoms with van der Waals surface area (Å²) in [5, 5.41) is 20.1. The van der Waals surface area contributed by atoms with Crippen LogP contribution in [0.5, 0.6) is 0 Å². The molecule has 1 aliphatic carbocycles. The lowest BCUT2D eigenvalue weighted by Gasteiger charge is -2.37.